The third-order valence-electron chi connectivity index (χ3n) is 4.40. The Labute approximate surface area is 181 Å². The van der Waals surface area contributed by atoms with Crippen LogP contribution in [0.25, 0.3) is 16.9 Å². The molecule has 0 spiro atoms. The van der Waals surface area contributed by atoms with Crippen molar-refractivity contribution in [1.82, 2.24) is 19.7 Å². The number of hydrogen-bond donors (Lipinski definition) is 0. The maximum Gasteiger partial charge on any atom is 0.573 e. The molecule has 6 nitrogen and oxygen atoms in total. The van der Waals surface area contributed by atoms with Crippen LogP contribution in [0.2, 0.25) is 0 Å². The molecule has 1 aliphatic heterocycles. The van der Waals surface area contributed by atoms with Crippen LogP contribution >= 0.6 is 15.9 Å². The molecule has 3 heterocycles. The predicted octanol–water partition coefficient (Wildman–Crippen LogP) is 4.12. The summed E-state index contributed by atoms with van der Waals surface area (Å²) in [6.07, 6.45) is -1.55. The van der Waals surface area contributed by atoms with Crippen molar-refractivity contribution in [3.8, 4) is 22.7 Å². The number of pyridine rings is 1. The molecule has 30 heavy (non-hydrogen) atoms. The van der Waals surface area contributed by atoms with Gasteiger partial charge >= 0.3 is 6.36 Å². The fourth-order valence-corrected chi connectivity index (χ4v) is 4.90. The Balaban J connectivity index is 1.75. The molecule has 0 saturated carbocycles. The zero-order valence-electron chi connectivity index (χ0n) is 15.5. The maximum atomic E-state index is 12.7. The van der Waals surface area contributed by atoms with E-state index < -0.39 is 17.2 Å². The van der Waals surface area contributed by atoms with Crippen LogP contribution in [0, 0.1) is 0 Å². The van der Waals surface area contributed by atoms with Crippen molar-refractivity contribution in [3.05, 3.63) is 59.0 Å². The molecule has 1 aliphatic rings. The van der Waals surface area contributed by atoms with Crippen LogP contribution in [0.4, 0.5) is 13.2 Å². The SMILES string of the molecule is O=S1CCN(Cc2cc(-c3cc(Br)cc(OC(F)(F)F)c3)n(-c3cccnc3)n2)C1. The molecule has 11 heteroatoms. The standard InChI is InChI=1S/C19H16BrF3N4O2S/c20-14-6-13(7-17(8-14)29-19(21,22)23)18-9-15(11-26-4-5-30(28)12-26)25-27(18)16-2-1-3-24-10-16/h1-3,6-10H,4-5,11-12H2. The number of halogens is 4. The minimum atomic E-state index is -4.79. The van der Waals surface area contributed by atoms with Gasteiger partial charge in [0, 0.05) is 45.9 Å². The molecule has 1 saturated heterocycles. The van der Waals surface area contributed by atoms with Gasteiger partial charge in [-0.25, -0.2) is 4.68 Å². The topological polar surface area (TPSA) is 60.2 Å². The van der Waals surface area contributed by atoms with Crippen molar-refractivity contribution in [2.24, 2.45) is 0 Å². The van der Waals surface area contributed by atoms with Crippen molar-refractivity contribution < 1.29 is 22.1 Å². The van der Waals surface area contributed by atoms with Gasteiger partial charge in [-0.2, -0.15) is 5.10 Å². The summed E-state index contributed by atoms with van der Waals surface area (Å²) < 4.78 is 56.0. The van der Waals surface area contributed by atoms with Gasteiger partial charge in [0.1, 0.15) is 5.75 Å². The Morgan fingerprint density at radius 2 is 2.07 bits per heavy atom. The molecule has 1 unspecified atom stereocenters. The van der Waals surface area contributed by atoms with E-state index in [0.29, 0.717) is 51.8 Å². The van der Waals surface area contributed by atoms with E-state index in [-0.39, 0.29) is 5.75 Å². The zero-order chi connectivity index (χ0) is 21.3. The van der Waals surface area contributed by atoms with Crippen LogP contribution < -0.4 is 4.74 Å². The monoisotopic (exact) mass is 500 g/mol. The summed E-state index contributed by atoms with van der Waals surface area (Å²) in [5.74, 6) is 0.775. The number of benzene rings is 1. The highest BCUT2D eigenvalue weighted by atomic mass is 79.9. The van der Waals surface area contributed by atoms with Crippen LogP contribution in [-0.4, -0.2) is 48.4 Å². The van der Waals surface area contributed by atoms with E-state index in [1.54, 1.807) is 29.2 Å². The first-order chi connectivity index (χ1) is 14.3. The Bertz CT molecular complexity index is 1080. The Morgan fingerprint density at radius 1 is 1.23 bits per heavy atom. The number of hydrogen-bond acceptors (Lipinski definition) is 5. The molecule has 158 valence electrons. The second kappa shape index (κ2) is 8.48. The van der Waals surface area contributed by atoms with Crippen molar-refractivity contribution in [2.75, 3.05) is 18.2 Å². The van der Waals surface area contributed by atoms with E-state index in [4.69, 9.17) is 0 Å². The maximum absolute atomic E-state index is 12.7. The van der Waals surface area contributed by atoms with Gasteiger partial charge in [-0.1, -0.05) is 15.9 Å². The van der Waals surface area contributed by atoms with Crippen LogP contribution in [0.1, 0.15) is 5.69 Å². The van der Waals surface area contributed by atoms with Gasteiger partial charge in [-0.05, 0) is 36.4 Å². The summed E-state index contributed by atoms with van der Waals surface area (Å²) in [4.78, 5) is 6.14. The zero-order valence-corrected chi connectivity index (χ0v) is 17.9. The molecular formula is C19H16BrF3N4O2S. The number of alkyl halides is 3. The molecule has 0 N–H and O–H groups in total. The highest BCUT2D eigenvalue weighted by Crippen LogP contribution is 2.33. The third kappa shape index (κ3) is 5.08. The van der Waals surface area contributed by atoms with Crippen LogP contribution in [0.5, 0.6) is 5.75 Å². The smallest absolute Gasteiger partial charge is 0.406 e. The molecule has 0 aliphatic carbocycles. The summed E-state index contributed by atoms with van der Waals surface area (Å²) in [6.45, 7) is 1.20. The average molecular weight is 501 g/mol. The molecule has 1 atom stereocenters. The van der Waals surface area contributed by atoms with Crippen molar-refractivity contribution in [3.63, 3.8) is 0 Å². The first-order valence-corrected chi connectivity index (χ1v) is 11.2. The lowest BCUT2D eigenvalue weighted by molar-refractivity contribution is -0.274. The van der Waals surface area contributed by atoms with Gasteiger partial charge in [0.25, 0.3) is 0 Å². The lowest BCUT2D eigenvalue weighted by Gasteiger charge is -2.12. The molecule has 0 radical (unpaired) electrons. The first kappa shape index (κ1) is 21.0. The number of aromatic nitrogens is 3. The molecule has 0 bridgehead atoms. The number of ether oxygens (including phenoxy) is 1. The largest absolute Gasteiger partial charge is 0.573 e. The lowest BCUT2D eigenvalue weighted by atomic mass is 10.1. The second-order valence-corrected chi connectivity index (χ2v) is 9.15. The molecule has 1 aromatic carbocycles. The predicted molar refractivity (Wildman–Crippen MR) is 109 cm³/mol. The van der Waals surface area contributed by atoms with E-state index in [1.165, 1.54) is 12.1 Å². The lowest BCUT2D eigenvalue weighted by Crippen LogP contribution is -2.19. The first-order valence-electron chi connectivity index (χ1n) is 8.90. The number of nitrogens with zero attached hydrogens (tertiary/aromatic N) is 4. The van der Waals surface area contributed by atoms with Crippen molar-refractivity contribution >= 4 is 26.7 Å². The summed E-state index contributed by atoms with van der Waals surface area (Å²) in [5, 5.41) is 4.64. The van der Waals surface area contributed by atoms with E-state index in [2.05, 4.69) is 30.7 Å². The molecule has 2 aromatic heterocycles. The van der Waals surface area contributed by atoms with Gasteiger partial charge in [0.2, 0.25) is 0 Å². The molecule has 3 aromatic rings. The molecule has 1 fully saturated rings. The normalized spacial score (nSPS) is 17.4. The van der Waals surface area contributed by atoms with Gasteiger partial charge in [0.15, 0.2) is 0 Å². The summed E-state index contributed by atoms with van der Waals surface area (Å²) in [6, 6.07) is 9.64. The number of rotatable bonds is 5. The third-order valence-corrected chi connectivity index (χ3v) is 6.15. The quantitative estimate of drug-likeness (QED) is 0.527. The Morgan fingerprint density at radius 3 is 2.73 bits per heavy atom. The van der Waals surface area contributed by atoms with Crippen molar-refractivity contribution in [1.29, 1.82) is 0 Å². The van der Waals surface area contributed by atoms with Crippen LogP contribution in [-0.2, 0) is 17.3 Å². The summed E-state index contributed by atoms with van der Waals surface area (Å²) >= 11 is 3.25. The highest BCUT2D eigenvalue weighted by molar-refractivity contribution is 9.10. The Hall–Kier alpha value is -2.24. The second-order valence-electron chi connectivity index (χ2n) is 6.69. The summed E-state index contributed by atoms with van der Waals surface area (Å²) in [7, 11) is -0.861. The van der Waals surface area contributed by atoms with Crippen LogP contribution in [0.15, 0.2) is 53.3 Å². The molecular weight excluding hydrogens is 485 g/mol. The van der Waals surface area contributed by atoms with Gasteiger partial charge in [-0.3, -0.25) is 14.1 Å². The van der Waals surface area contributed by atoms with Gasteiger partial charge in [0.05, 0.1) is 29.1 Å². The molecule has 4 rings (SSSR count). The van der Waals surface area contributed by atoms with E-state index in [0.717, 1.165) is 0 Å². The van der Waals surface area contributed by atoms with Crippen LogP contribution in [0.3, 0.4) is 0 Å². The van der Waals surface area contributed by atoms with E-state index in [9.17, 15) is 17.4 Å². The molecule has 0 amide bonds. The van der Waals surface area contributed by atoms with E-state index in [1.807, 2.05) is 17.0 Å². The van der Waals surface area contributed by atoms with Gasteiger partial charge in [-0.15, -0.1) is 13.2 Å². The fraction of sp³-hybridized carbons (Fsp3) is 0.263. The van der Waals surface area contributed by atoms with Crippen molar-refractivity contribution in [2.45, 2.75) is 12.9 Å². The highest BCUT2D eigenvalue weighted by Gasteiger charge is 2.31. The fourth-order valence-electron chi connectivity index (χ4n) is 3.21. The summed E-state index contributed by atoms with van der Waals surface area (Å²) in [5.41, 5.74) is 2.47. The minimum Gasteiger partial charge on any atom is -0.406 e. The van der Waals surface area contributed by atoms with Gasteiger partial charge < -0.3 is 4.74 Å². The Kier molecular flexibility index (Phi) is 5.94. The average Bonchev–Trinajstić information content (AvgIpc) is 3.27. The minimum absolute atomic E-state index is 0.331. The van der Waals surface area contributed by atoms with E-state index >= 15 is 0 Å².